The average Bonchev–Trinajstić information content (AvgIpc) is 3.01. The molecule has 1 aromatic carbocycles. The highest BCUT2D eigenvalue weighted by Gasteiger charge is 2.08. The highest BCUT2D eigenvalue weighted by atomic mass is 32.1. The molecule has 0 aliphatic carbocycles. The molecule has 1 unspecified atom stereocenters. The first-order valence-electron chi connectivity index (χ1n) is 7.24. The number of guanidine groups is 1. The summed E-state index contributed by atoms with van der Waals surface area (Å²) in [6.07, 6.45) is 0. The maximum atomic E-state index is 4.55. The van der Waals surface area contributed by atoms with Crippen LogP contribution in [0.2, 0.25) is 0 Å². The molecule has 1 heterocycles. The first-order valence-corrected chi connectivity index (χ1v) is 8.12. The standard InChI is InChI=1S/C16H23N5S/c1-12(13-8-6-5-7-9-13)19-15(17-2)18-10-14-11-22-16(20-14)21(3)4/h5-9,11-12H,10H2,1-4H3,(H2,17,18,19). The quantitative estimate of drug-likeness (QED) is 0.657. The molecule has 0 spiro atoms. The van der Waals surface area contributed by atoms with E-state index in [1.807, 2.05) is 37.2 Å². The van der Waals surface area contributed by atoms with Gasteiger partial charge in [0, 0.05) is 26.5 Å². The molecule has 6 heteroatoms. The Balaban J connectivity index is 1.89. The minimum atomic E-state index is 0.195. The molecule has 5 nitrogen and oxygen atoms in total. The monoisotopic (exact) mass is 317 g/mol. The summed E-state index contributed by atoms with van der Waals surface area (Å²) in [5, 5.41) is 9.77. The normalized spacial score (nSPS) is 12.8. The molecule has 2 rings (SSSR count). The second-order valence-electron chi connectivity index (χ2n) is 5.22. The van der Waals surface area contributed by atoms with E-state index in [-0.39, 0.29) is 6.04 Å². The van der Waals surface area contributed by atoms with Gasteiger partial charge in [-0.15, -0.1) is 11.3 Å². The molecule has 0 saturated heterocycles. The van der Waals surface area contributed by atoms with Crippen molar-refractivity contribution in [3.05, 3.63) is 47.0 Å². The molecule has 118 valence electrons. The van der Waals surface area contributed by atoms with Crippen LogP contribution in [0.1, 0.15) is 24.2 Å². The van der Waals surface area contributed by atoms with Gasteiger partial charge in [0.05, 0.1) is 18.3 Å². The zero-order valence-electron chi connectivity index (χ0n) is 13.5. The van der Waals surface area contributed by atoms with Gasteiger partial charge in [0.2, 0.25) is 0 Å². The van der Waals surface area contributed by atoms with E-state index in [1.165, 1.54) is 5.56 Å². The minimum Gasteiger partial charge on any atom is -0.354 e. The van der Waals surface area contributed by atoms with Gasteiger partial charge in [-0.1, -0.05) is 30.3 Å². The van der Waals surface area contributed by atoms with E-state index >= 15 is 0 Å². The van der Waals surface area contributed by atoms with E-state index in [2.05, 4.69) is 45.0 Å². The first kappa shape index (κ1) is 16.3. The van der Waals surface area contributed by atoms with Gasteiger partial charge < -0.3 is 15.5 Å². The lowest BCUT2D eigenvalue weighted by Crippen LogP contribution is -2.38. The van der Waals surface area contributed by atoms with Crippen LogP contribution in [-0.2, 0) is 6.54 Å². The lowest BCUT2D eigenvalue weighted by atomic mass is 10.1. The molecule has 0 saturated carbocycles. The smallest absolute Gasteiger partial charge is 0.191 e. The largest absolute Gasteiger partial charge is 0.354 e. The molecule has 1 aromatic heterocycles. The third-order valence-corrected chi connectivity index (χ3v) is 4.29. The van der Waals surface area contributed by atoms with Crippen molar-refractivity contribution in [2.75, 3.05) is 26.0 Å². The molecule has 1 atom stereocenters. The number of hydrogen-bond donors (Lipinski definition) is 2. The number of aromatic nitrogens is 1. The summed E-state index contributed by atoms with van der Waals surface area (Å²) in [7, 11) is 5.77. The highest BCUT2D eigenvalue weighted by Crippen LogP contribution is 2.17. The molecule has 0 amide bonds. The zero-order chi connectivity index (χ0) is 15.9. The van der Waals surface area contributed by atoms with Crippen molar-refractivity contribution in [3.8, 4) is 0 Å². The highest BCUT2D eigenvalue weighted by molar-refractivity contribution is 7.13. The Kier molecular flexibility index (Phi) is 5.77. The fourth-order valence-corrected chi connectivity index (χ4v) is 2.74. The number of anilines is 1. The first-order chi connectivity index (χ1) is 10.6. The van der Waals surface area contributed by atoms with E-state index in [9.17, 15) is 0 Å². The number of aliphatic imine (C=N–C) groups is 1. The van der Waals surface area contributed by atoms with Crippen molar-refractivity contribution in [2.24, 2.45) is 4.99 Å². The van der Waals surface area contributed by atoms with Gasteiger partial charge in [-0.3, -0.25) is 4.99 Å². The third kappa shape index (κ3) is 4.46. The van der Waals surface area contributed by atoms with Crippen LogP contribution < -0.4 is 15.5 Å². The Morgan fingerprint density at radius 1 is 1.32 bits per heavy atom. The van der Waals surface area contributed by atoms with Gasteiger partial charge >= 0.3 is 0 Å². The molecule has 2 N–H and O–H groups in total. The predicted molar refractivity (Wildman–Crippen MR) is 94.6 cm³/mol. The van der Waals surface area contributed by atoms with Crippen LogP contribution >= 0.6 is 11.3 Å². The van der Waals surface area contributed by atoms with Crippen LogP contribution in [0, 0.1) is 0 Å². The van der Waals surface area contributed by atoms with Crippen LogP contribution in [-0.4, -0.2) is 32.1 Å². The molecule has 0 aliphatic rings. The lowest BCUT2D eigenvalue weighted by Gasteiger charge is -2.18. The summed E-state index contributed by atoms with van der Waals surface area (Å²) >= 11 is 1.64. The maximum absolute atomic E-state index is 4.55. The van der Waals surface area contributed by atoms with E-state index in [0.717, 1.165) is 16.8 Å². The van der Waals surface area contributed by atoms with E-state index < -0.39 is 0 Å². The summed E-state index contributed by atoms with van der Waals surface area (Å²) in [5.41, 5.74) is 2.25. The van der Waals surface area contributed by atoms with Crippen molar-refractivity contribution in [1.82, 2.24) is 15.6 Å². The topological polar surface area (TPSA) is 52.6 Å². The molecule has 0 aliphatic heterocycles. The van der Waals surface area contributed by atoms with Gasteiger partial charge in [-0.2, -0.15) is 0 Å². The Labute approximate surface area is 136 Å². The number of hydrogen-bond acceptors (Lipinski definition) is 4. The summed E-state index contributed by atoms with van der Waals surface area (Å²) in [4.78, 5) is 10.8. The maximum Gasteiger partial charge on any atom is 0.191 e. The van der Waals surface area contributed by atoms with Gasteiger partial charge in [-0.05, 0) is 12.5 Å². The fourth-order valence-electron chi connectivity index (χ4n) is 1.98. The molecule has 22 heavy (non-hydrogen) atoms. The molecule has 2 aromatic rings. The number of nitrogens with zero attached hydrogens (tertiary/aromatic N) is 3. The van der Waals surface area contributed by atoms with Gasteiger partial charge in [0.15, 0.2) is 11.1 Å². The number of nitrogens with one attached hydrogen (secondary N) is 2. The van der Waals surface area contributed by atoms with Crippen LogP contribution in [0.3, 0.4) is 0 Å². The zero-order valence-corrected chi connectivity index (χ0v) is 14.3. The molecule has 0 bridgehead atoms. The van der Waals surface area contributed by atoms with Crippen molar-refractivity contribution >= 4 is 22.4 Å². The van der Waals surface area contributed by atoms with Crippen LogP contribution in [0.15, 0.2) is 40.7 Å². The fraction of sp³-hybridized carbons (Fsp3) is 0.375. The number of benzene rings is 1. The van der Waals surface area contributed by atoms with Crippen molar-refractivity contribution in [2.45, 2.75) is 19.5 Å². The molecular formula is C16H23N5S. The summed E-state index contributed by atoms with van der Waals surface area (Å²) in [6.45, 7) is 2.78. The van der Waals surface area contributed by atoms with E-state index in [0.29, 0.717) is 6.54 Å². The van der Waals surface area contributed by atoms with E-state index in [4.69, 9.17) is 0 Å². The van der Waals surface area contributed by atoms with Gasteiger partial charge in [0.1, 0.15) is 0 Å². The Morgan fingerprint density at radius 3 is 2.64 bits per heavy atom. The van der Waals surface area contributed by atoms with Gasteiger partial charge in [0.25, 0.3) is 0 Å². The Hall–Kier alpha value is -2.08. The van der Waals surface area contributed by atoms with E-state index in [1.54, 1.807) is 18.4 Å². The number of thiazole rings is 1. The van der Waals surface area contributed by atoms with Crippen LogP contribution in [0.4, 0.5) is 5.13 Å². The summed E-state index contributed by atoms with van der Waals surface area (Å²) in [6, 6.07) is 10.5. The minimum absolute atomic E-state index is 0.195. The summed E-state index contributed by atoms with van der Waals surface area (Å²) < 4.78 is 0. The molecule has 0 radical (unpaired) electrons. The van der Waals surface area contributed by atoms with Gasteiger partial charge in [-0.25, -0.2) is 4.98 Å². The van der Waals surface area contributed by atoms with Crippen molar-refractivity contribution in [1.29, 1.82) is 0 Å². The lowest BCUT2D eigenvalue weighted by molar-refractivity contribution is 0.683. The van der Waals surface area contributed by atoms with Crippen molar-refractivity contribution in [3.63, 3.8) is 0 Å². The second-order valence-corrected chi connectivity index (χ2v) is 6.05. The molecular weight excluding hydrogens is 294 g/mol. The second kappa shape index (κ2) is 7.79. The average molecular weight is 317 g/mol. The Morgan fingerprint density at radius 2 is 2.05 bits per heavy atom. The van der Waals surface area contributed by atoms with Crippen LogP contribution in [0.5, 0.6) is 0 Å². The van der Waals surface area contributed by atoms with Crippen LogP contribution in [0.25, 0.3) is 0 Å². The van der Waals surface area contributed by atoms with Crippen molar-refractivity contribution < 1.29 is 0 Å². The SMILES string of the molecule is CN=C(NCc1csc(N(C)C)n1)NC(C)c1ccccc1. The molecule has 0 fully saturated rings. The third-order valence-electron chi connectivity index (χ3n) is 3.24. The summed E-state index contributed by atoms with van der Waals surface area (Å²) in [5.74, 6) is 0.774. The Bertz CT molecular complexity index is 606. The predicted octanol–water partition coefficient (Wildman–Crippen LogP) is 2.64. The number of rotatable bonds is 5.